The quantitative estimate of drug-likeness (QED) is 0.425. The third-order valence-corrected chi connectivity index (χ3v) is 2.35. The summed E-state index contributed by atoms with van der Waals surface area (Å²) < 4.78 is 5.16. The maximum Gasteiger partial charge on any atom is 0.263 e. The lowest BCUT2D eigenvalue weighted by Crippen LogP contribution is -2.26. The number of rotatable bonds is 8. The summed E-state index contributed by atoms with van der Waals surface area (Å²) in [5.41, 5.74) is 0.00654. The van der Waals surface area contributed by atoms with Crippen molar-refractivity contribution in [3.63, 3.8) is 0 Å². The first-order valence-electron chi connectivity index (χ1n) is 6.41. The van der Waals surface area contributed by atoms with E-state index in [1.54, 1.807) is 18.3 Å². The molecule has 1 heterocycles. The second kappa shape index (κ2) is 9.53. The van der Waals surface area contributed by atoms with Crippen LogP contribution in [0.3, 0.4) is 0 Å². The molecule has 0 atom stereocenters. The number of amides is 1. The van der Waals surface area contributed by atoms with Gasteiger partial charge in [-0.25, -0.2) is 4.98 Å². The smallest absolute Gasteiger partial charge is 0.263 e. The topological polar surface area (TPSA) is 87.0 Å². The molecule has 0 unspecified atom stereocenters. The van der Waals surface area contributed by atoms with Crippen molar-refractivity contribution in [2.24, 2.45) is 0 Å². The van der Waals surface area contributed by atoms with Gasteiger partial charge in [0.05, 0.1) is 0 Å². The first kappa shape index (κ1) is 15.7. The van der Waals surface area contributed by atoms with E-state index in [9.17, 15) is 4.79 Å². The Hall–Kier alpha value is -2.39. The zero-order valence-electron chi connectivity index (χ0n) is 11.4. The van der Waals surface area contributed by atoms with E-state index in [1.165, 1.54) is 6.20 Å². The van der Waals surface area contributed by atoms with Gasteiger partial charge in [0, 0.05) is 32.2 Å². The van der Waals surface area contributed by atoms with Crippen molar-refractivity contribution in [2.75, 3.05) is 25.1 Å². The van der Waals surface area contributed by atoms with Gasteiger partial charge in [-0.2, -0.15) is 5.26 Å². The number of ether oxygens (including phenoxy) is 1. The van der Waals surface area contributed by atoms with Gasteiger partial charge in [-0.1, -0.05) is 6.07 Å². The molecule has 1 aromatic heterocycles. The van der Waals surface area contributed by atoms with Gasteiger partial charge in [-0.15, -0.1) is 0 Å². The number of hydrogen-bond acceptors (Lipinski definition) is 5. The largest absolute Gasteiger partial charge is 0.382 e. The molecule has 0 aliphatic carbocycles. The summed E-state index contributed by atoms with van der Waals surface area (Å²) in [6.07, 6.45) is 3.68. The van der Waals surface area contributed by atoms with Crippen molar-refractivity contribution in [3.05, 3.63) is 36.2 Å². The van der Waals surface area contributed by atoms with Crippen LogP contribution in [0.1, 0.15) is 13.3 Å². The van der Waals surface area contributed by atoms with Gasteiger partial charge >= 0.3 is 0 Å². The predicted molar refractivity (Wildman–Crippen MR) is 75.7 cm³/mol. The van der Waals surface area contributed by atoms with Crippen LogP contribution in [-0.2, 0) is 9.53 Å². The van der Waals surface area contributed by atoms with Crippen LogP contribution >= 0.6 is 0 Å². The molecule has 1 amide bonds. The normalized spacial score (nSPS) is 10.7. The molecular formula is C14H18N4O2. The summed E-state index contributed by atoms with van der Waals surface area (Å²) in [4.78, 5) is 15.8. The fourth-order valence-corrected chi connectivity index (χ4v) is 1.36. The third-order valence-electron chi connectivity index (χ3n) is 2.35. The molecule has 6 heteroatoms. The molecule has 0 aromatic carbocycles. The fourth-order valence-electron chi connectivity index (χ4n) is 1.36. The average molecular weight is 274 g/mol. The number of aromatic nitrogens is 1. The van der Waals surface area contributed by atoms with Crippen LogP contribution in [-0.4, -0.2) is 30.6 Å². The zero-order chi connectivity index (χ0) is 14.6. The maximum absolute atomic E-state index is 11.7. The highest BCUT2D eigenvalue weighted by Crippen LogP contribution is 2.01. The van der Waals surface area contributed by atoms with Crippen molar-refractivity contribution in [3.8, 4) is 6.07 Å². The highest BCUT2D eigenvalue weighted by molar-refractivity contribution is 5.97. The molecule has 0 spiro atoms. The number of hydrogen-bond donors (Lipinski definition) is 2. The second-order valence-electron chi connectivity index (χ2n) is 3.84. The van der Waals surface area contributed by atoms with Crippen LogP contribution in [0.2, 0.25) is 0 Å². The Labute approximate surface area is 118 Å². The van der Waals surface area contributed by atoms with Crippen LogP contribution in [0.25, 0.3) is 0 Å². The summed E-state index contributed by atoms with van der Waals surface area (Å²) in [5, 5.41) is 14.4. The Morgan fingerprint density at radius 2 is 2.40 bits per heavy atom. The average Bonchev–Trinajstić information content (AvgIpc) is 2.48. The molecule has 106 valence electrons. The van der Waals surface area contributed by atoms with E-state index < -0.39 is 5.91 Å². The van der Waals surface area contributed by atoms with Crippen molar-refractivity contribution >= 4 is 11.7 Å². The molecule has 0 saturated carbocycles. The van der Waals surface area contributed by atoms with Crippen molar-refractivity contribution < 1.29 is 9.53 Å². The highest BCUT2D eigenvalue weighted by Gasteiger charge is 2.07. The molecule has 0 bridgehead atoms. The standard InChI is InChI=1S/C14H18N4O2/c1-2-20-9-5-8-17-14(19)12(10-15)11-18-13-6-3-4-7-16-13/h3-4,6-7,11H,2,5,8-9H2,1H3,(H,16,18)(H,17,19)/b12-11-. The molecular weight excluding hydrogens is 256 g/mol. The third kappa shape index (κ3) is 5.98. The van der Waals surface area contributed by atoms with Crippen LogP contribution in [0.5, 0.6) is 0 Å². The molecule has 0 aliphatic rings. The number of nitrogens with one attached hydrogen (secondary N) is 2. The first-order valence-corrected chi connectivity index (χ1v) is 6.41. The van der Waals surface area contributed by atoms with E-state index >= 15 is 0 Å². The minimum Gasteiger partial charge on any atom is -0.382 e. The SMILES string of the molecule is CCOCCCNC(=O)/C(C#N)=C\Nc1ccccn1. The summed E-state index contributed by atoms with van der Waals surface area (Å²) in [6.45, 7) is 3.64. The summed E-state index contributed by atoms with van der Waals surface area (Å²) in [6, 6.07) is 7.18. The van der Waals surface area contributed by atoms with E-state index in [1.807, 2.05) is 19.1 Å². The Morgan fingerprint density at radius 1 is 1.55 bits per heavy atom. The Bertz CT molecular complexity index is 480. The number of carbonyl (C=O) groups excluding carboxylic acids is 1. The summed E-state index contributed by atoms with van der Waals surface area (Å²) >= 11 is 0. The minimum absolute atomic E-state index is 0.00654. The summed E-state index contributed by atoms with van der Waals surface area (Å²) in [5.74, 6) is 0.164. The molecule has 6 nitrogen and oxygen atoms in total. The lowest BCUT2D eigenvalue weighted by molar-refractivity contribution is -0.117. The Kier molecular flexibility index (Phi) is 7.46. The molecule has 1 aromatic rings. The minimum atomic E-state index is -0.410. The van der Waals surface area contributed by atoms with Crippen molar-refractivity contribution in [1.82, 2.24) is 10.3 Å². The van der Waals surface area contributed by atoms with Gasteiger partial charge in [0.2, 0.25) is 0 Å². The Balaban J connectivity index is 2.41. The molecule has 0 fully saturated rings. The second-order valence-corrected chi connectivity index (χ2v) is 3.84. The fraction of sp³-hybridized carbons (Fsp3) is 0.357. The monoisotopic (exact) mass is 274 g/mol. The van der Waals surface area contributed by atoms with Gasteiger partial charge in [0.25, 0.3) is 5.91 Å². The van der Waals surface area contributed by atoms with E-state index in [2.05, 4.69) is 15.6 Å². The van der Waals surface area contributed by atoms with E-state index in [-0.39, 0.29) is 5.57 Å². The van der Waals surface area contributed by atoms with Crippen molar-refractivity contribution in [1.29, 1.82) is 5.26 Å². The number of nitrogens with zero attached hydrogens (tertiary/aromatic N) is 2. The van der Waals surface area contributed by atoms with E-state index in [0.29, 0.717) is 32.0 Å². The number of nitriles is 1. The van der Waals surface area contributed by atoms with Gasteiger partial charge in [-0.3, -0.25) is 4.79 Å². The number of anilines is 1. The maximum atomic E-state index is 11.7. The molecule has 0 radical (unpaired) electrons. The molecule has 1 rings (SSSR count). The van der Waals surface area contributed by atoms with Crippen LogP contribution < -0.4 is 10.6 Å². The number of pyridine rings is 1. The van der Waals surface area contributed by atoms with Crippen molar-refractivity contribution in [2.45, 2.75) is 13.3 Å². The van der Waals surface area contributed by atoms with Crippen LogP contribution in [0, 0.1) is 11.3 Å². The van der Waals surface area contributed by atoms with Gasteiger partial charge in [0.15, 0.2) is 0 Å². The Morgan fingerprint density at radius 3 is 3.05 bits per heavy atom. The van der Waals surface area contributed by atoms with E-state index in [0.717, 1.165) is 0 Å². The van der Waals surface area contributed by atoms with Gasteiger partial charge in [-0.05, 0) is 25.5 Å². The van der Waals surface area contributed by atoms with Crippen LogP contribution in [0.4, 0.5) is 5.82 Å². The molecule has 0 aliphatic heterocycles. The van der Waals surface area contributed by atoms with Gasteiger partial charge in [0.1, 0.15) is 17.5 Å². The molecule has 0 saturated heterocycles. The lowest BCUT2D eigenvalue weighted by Gasteiger charge is -2.05. The molecule has 2 N–H and O–H groups in total. The predicted octanol–water partition coefficient (Wildman–Crippen LogP) is 1.44. The highest BCUT2D eigenvalue weighted by atomic mass is 16.5. The van der Waals surface area contributed by atoms with Crippen LogP contribution in [0.15, 0.2) is 36.2 Å². The van der Waals surface area contributed by atoms with E-state index in [4.69, 9.17) is 10.00 Å². The molecule has 20 heavy (non-hydrogen) atoms. The zero-order valence-corrected chi connectivity index (χ0v) is 11.4. The number of carbonyl (C=O) groups is 1. The lowest BCUT2D eigenvalue weighted by atomic mass is 10.3. The van der Waals surface area contributed by atoms with Gasteiger partial charge < -0.3 is 15.4 Å². The summed E-state index contributed by atoms with van der Waals surface area (Å²) in [7, 11) is 0. The first-order chi connectivity index (χ1) is 9.77.